The predicted octanol–water partition coefficient (Wildman–Crippen LogP) is 3.19. The van der Waals surface area contributed by atoms with Gasteiger partial charge < -0.3 is 10.2 Å². The van der Waals surface area contributed by atoms with Crippen molar-refractivity contribution in [2.24, 2.45) is 0 Å². The molecule has 0 radical (unpaired) electrons. The molecule has 6 heteroatoms. The summed E-state index contributed by atoms with van der Waals surface area (Å²) >= 11 is 0. The topological polar surface area (TPSA) is 78.1 Å². The molecule has 2 N–H and O–H groups in total. The Labute approximate surface area is 159 Å². The number of likely N-dealkylation sites (tertiary alicyclic amines) is 1. The number of hydrogen-bond acceptors (Lipinski definition) is 3. The van der Waals surface area contributed by atoms with Crippen LogP contribution in [0.1, 0.15) is 60.4 Å². The average Bonchev–Trinajstić information content (AvgIpc) is 3.31. The van der Waals surface area contributed by atoms with E-state index in [9.17, 15) is 9.59 Å². The van der Waals surface area contributed by atoms with Crippen LogP contribution in [0, 0.1) is 6.92 Å². The van der Waals surface area contributed by atoms with E-state index < -0.39 is 5.41 Å². The minimum absolute atomic E-state index is 0.0189. The Bertz CT molecular complexity index is 903. The standard InChI is InChI=1S/C21H26N4O2/c1-4-8-17-21(14-9-6-7-10-16(14)22-20(21)27)11-12-25(17)19(26)18-13(3)15(5-2)23-24-18/h6-7,9-10,17H,4-5,8,11-12H2,1-3H3,(H,22,27)(H,23,24)/t17-,21+/m0/s1. The first-order valence-electron chi connectivity index (χ1n) is 9.80. The van der Waals surface area contributed by atoms with Crippen LogP contribution < -0.4 is 5.32 Å². The number of carbonyl (C=O) groups is 2. The van der Waals surface area contributed by atoms with Gasteiger partial charge in [0.25, 0.3) is 5.91 Å². The van der Waals surface area contributed by atoms with Crippen molar-refractivity contribution in [3.63, 3.8) is 0 Å². The Morgan fingerprint density at radius 2 is 2.11 bits per heavy atom. The number of nitrogens with zero attached hydrogens (tertiary/aromatic N) is 2. The molecule has 1 saturated heterocycles. The SMILES string of the molecule is CCC[C@@H]1N(C(=O)c2n[nH]c(CC)c2C)CC[C@]12C(=O)Nc1ccccc12. The van der Waals surface area contributed by atoms with E-state index in [1.165, 1.54) is 0 Å². The van der Waals surface area contributed by atoms with Gasteiger partial charge in [0.1, 0.15) is 0 Å². The van der Waals surface area contributed by atoms with Gasteiger partial charge in [0.2, 0.25) is 5.91 Å². The number of fused-ring (bicyclic) bond motifs is 2. The smallest absolute Gasteiger partial charge is 0.274 e. The molecule has 0 aliphatic carbocycles. The van der Waals surface area contributed by atoms with E-state index in [4.69, 9.17) is 0 Å². The number of aromatic amines is 1. The van der Waals surface area contributed by atoms with Crippen LogP contribution in [0.4, 0.5) is 5.69 Å². The number of carbonyl (C=O) groups excluding carboxylic acids is 2. The van der Waals surface area contributed by atoms with Gasteiger partial charge in [0, 0.05) is 23.5 Å². The Balaban J connectivity index is 1.75. The third kappa shape index (κ3) is 2.42. The van der Waals surface area contributed by atoms with Crippen LogP contribution in [-0.4, -0.2) is 39.5 Å². The highest BCUT2D eigenvalue weighted by molar-refractivity contribution is 6.08. The Morgan fingerprint density at radius 1 is 1.33 bits per heavy atom. The van der Waals surface area contributed by atoms with E-state index in [1.807, 2.05) is 43.0 Å². The minimum Gasteiger partial charge on any atom is -0.333 e. The number of benzene rings is 1. The maximum Gasteiger partial charge on any atom is 0.274 e. The maximum absolute atomic E-state index is 13.4. The van der Waals surface area contributed by atoms with Gasteiger partial charge in [0.15, 0.2) is 5.69 Å². The van der Waals surface area contributed by atoms with Gasteiger partial charge in [-0.2, -0.15) is 5.10 Å². The molecule has 0 bridgehead atoms. The summed E-state index contributed by atoms with van der Waals surface area (Å²) in [5, 5.41) is 10.3. The molecule has 2 aromatic rings. The molecule has 1 fully saturated rings. The first-order chi connectivity index (χ1) is 13.0. The second-order valence-electron chi connectivity index (χ2n) is 7.55. The predicted molar refractivity (Wildman–Crippen MR) is 104 cm³/mol. The van der Waals surface area contributed by atoms with E-state index in [2.05, 4.69) is 22.4 Å². The zero-order valence-electron chi connectivity index (χ0n) is 16.1. The van der Waals surface area contributed by atoms with Crippen molar-refractivity contribution in [3.05, 3.63) is 46.8 Å². The van der Waals surface area contributed by atoms with E-state index in [0.29, 0.717) is 18.7 Å². The Hall–Kier alpha value is -2.63. The molecule has 4 rings (SSSR count). The fourth-order valence-corrected chi connectivity index (χ4v) is 4.84. The summed E-state index contributed by atoms with van der Waals surface area (Å²) in [4.78, 5) is 28.3. The van der Waals surface area contributed by atoms with E-state index in [1.54, 1.807) is 0 Å². The highest BCUT2D eigenvalue weighted by Crippen LogP contribution is 2.49. The van der Waals surface area contributed by atoms with Crippen molar-refractivity contribution in [1.82, 2.24) is 15.1 Å². The highest BCUT2D eigenvalue weighted by Gasteiger charge is 2.58. The van der Waals surface area contributed by atoms with Crippen molar-refractivity contribution in [2.75, 3.05) is 11.9 Å². The summed E-state index contributed by atoms with van der Waals surface area (Å²) in [6.07, 6.45) is 3.16. The lowest BCUT2D eigenvalue weighted by Gasteiger charge is -2.33. The Morgan fingerprint density at radius 3 is 2.81 bits per heavy atom. The van der Waals surface area contributed by atoms with Crippen LogP contribution in [0.15, 0.2) is 24.3 Å². The summed E-state index contributed by atoms with van der Waals surface area (Å²) in [6, 6.07) is 7.73. The monoisotopic (exact) mass is 366 g/mol. The summed E-state index contributed by atoms with van der Waals surface area (Å²) in [5.41, 5.74) is 3.63. The van der Waals surface area contributed by atoms with Crippen LogP contribution in [0.25, 0.3) is 0 Å². The van der Waals surface area contributed by atoms with Crippen LogP contribution in [0.5, 0.6) is 0 Å². The van der Waals surface area contributed by atoms with Gasteiger partial charge in [-0.25, -0.2) is 0 Å². The number of para-hydroxylation sites is 1. The van der Waals surface area contributed by atoms with Gasteiger partial charge in [-0.05, 0) is 37.8 Å². The lowest BCUT2D eigenvalue weighted by molar-refractivity contribution is -0.121. The van der Waals surface area contributed by atoms with Crippen molar-refractivity contribution in [1.29, 1.82) is 0 Å². The molecular formula is C21H26N4O2. The van der Waals surface area contributed by atoms with Gasteiger partial charge in [-0.1, -0.05) is 38.5 Å². The van der Waals surface area contributed by atoms with Gasteiger partial charge in [-0.15, -0.1) is 0 Å². The molecule has 3 heterocycles. The molecule has 142 valence electrons. The molecule has 1 spiro atoms. The van der Waals surface area contributed by atoms with Crippen molar-refractivity contribution in [3.8, 4) is 0 Å². The van der Waals surface area contributed by atoms with Crippen LogP contribution >= 0.6 is 0 Å². The summed E-state index contributed by atoms with van der Waals surface area (Å²) < 4.78 is 0. The summed E-state index contributed by atoms with van der Waals surface area (Å²) in [7, 11) is 0. The van der Waals surface area contributed by atoms with E-state index >= 15 is 0 Å². The second kappa shape index (κ2) is 6.51. The van der Waals surface area contributed by atoms with Gasteiger partial charge >= 0.3 is 0 Å². The molecule has 1 aromatic heterocycles. The third-order valence-electron chi connectivity index (χ3n) is 6.24. The molecule has 2 atom stereocenters. The zero-order valence-corrected chi connectivity index (χ0v) is 16.1. The first-order valence-corrected chi connectivity index (χ1v) is 9.80. The largest absolute Gasteiger partial charge is 0.333 e. The second-order valence-corrected chi connectivity index (χ2v) is 7.55. The summed E-state index contributed by atoms with van der Waals surface area (Å²) in [5.74, 6) is -0.0543. The highest BCUT2D eigenvalue weighted by atomic mass is 16.2. The Kier molecular flexibility index (Phi) is 4.29. The fraction of sp³-hybridized carbons (Fsp3) is 0.476. The number of rotatable bonds is 4. The first kappa shape index (κ1) is 17.8. The van der Waals surface area contributed by atoms with E-state index in [-0.39, 0.29) is 17.9 Å². The quantitative estimate of drug-likeness (QED) is 0.872. The minimum atomic E-state index is -0.653. The molecule has 6 nitrogen and oxygen atoms in total. The van der Waals surface area contributed by atoms with Crippen LogP contribution in [0.2, 0.25) is 0 Å². The number of amides is 2. The van der Waals surface area contributed by atoms with Gasteiger partial charge in [-0.3, -0.25) is 14.7 Å². The number of nitrogens with one attached hydrogen (secondary N) is 2. The van der Waals surface area contributed by atoms with E-state index in [0.717, 1.165) is 41.8 Å². The van der Waals surface area contributed by atoms with Crippen LogP contribution in [-0.2, 0) is 16.6 Å². The van der Waals surface area contributed by atoms with Gasteiger partial charge in [0.05, 0.1) is 11.5 Å². The molecule has 0 saturated carbocycles. The fourth-order valence-electron chi connectivity index (χ4n) is 4.84. The maximum atomic E-state index is 13.4. The third-order valence-corrected chi connectivity index (χ3v) is 6.24. The number of aryl methyl sites for hydroxylation is 1. The molecule has 0 unspecified atom stereocenters. The number of H-pyrrole nitrogens is 1. The zero-order chi connectivity index (χ0) is 19.2. The lowest BCUT2D eigenvalue weighted by atomic mass is 9.73. The number of anilines is 1. The average molecular weight is 366 g/mol. The van der Waals surface area contributed by atoms with Crippen molar-refractivity contribution < 1.29 is 9.59 Å². The summed E-state index contributed by atoms with van der Waals surface area (Å²) in [6.45, 7) is 6.65. The molecule has 2 amide bonds. The molecule has 1 aromatic carbocycles. The molecular weight excluding hydrogens is 340 g/mol. The normalized spacial score (nSPS) is 23.7. The molecule has 2 aliphatic heterocycles. The van der Waals surface area contributed by atoms with Crippen molar-refractivity contribution >= 4 is 17.5 Å². The van der Waals surface area contributed by atoms with Crippen molar-refractivity contribution in [2.45, 2.75) is 57.9 Å². The van der Waals surface area contributed by atoms with Crippen LogP contribution in [0.3, 0.4) is 0 Å². The lowest BCUT2D eigenvalue weighted by Crippen LogP contribution is -2.48. The molecule has 27 heavy (non-hydrogen) atoms. The number of aromatic nitrogens is 2. The number of hydrogen-bond donors (Lipinski definition) is 2. The molecule has 2 aliphatic rings.